The highest BCUT2D eigenvalue weighted by molar-refractivity contribution is 6.02. The predicted molar refractivity (Wildman–Crippen MR) is 70.9 cm³/mol. The van der Waals surface area contributed by atoms with Crippen LogP contribution in [-0.2, 0) is 19.1 Å². The van der Waals surface area contributed by atoms with Gasteiger partial charge in [0.2, 0.25) is 5.60 Å². The normalized spacial score (nSPS) is 33.6. The van der Waals surface area contributed by atoms with Crippen molar-refractivity contribution in [2.75, 3.05) is 20.8 Å². The van der Waals surface area contributed by atoms with E-state index in [1.165, 1.54) is 7.11 Å². The number of nitrogens with zero attached hydrogens (tertiary/aromatic N) is 1. The zero-order valence-corrected chi connectivity index (χ0v) is 12.4. The van der Waals surface area contributed by atoms with Crippen molar-refractivity contribution in [3.8, 4) is 0 Å². The van der Waals surface area contributed by atoms with E-state index in [1.807, 2.05) is 0 Å². The topological polar surface area (TPSA) is 57.1 Å². The van der Waals surface area contributed by atoms with Gasteiger partial charge in [-0.15, -0.1) is 0 Å². The van der Waals surface area contributed by atoms with Crippen LogP contribution in [0.1, 0.15) is 40.0 Å². The molecule has 1 saturated carbocycles. The van der Waals surface area contributed by atoms with Crippen LogP contribution in [0.25, 0.3) is 0 Å². The van der Waals surface area contributed by atoms with Crippen LogP contribution in [0.3, 0.4) is 0 Å². The number of fused-ring (bicyclic) bond motifs is 1. The molecule has 0 N–H and O–H groups in total. The second-order valence-corrected chi connectivity index (χ2v) is 6.47. The van der Waals surface area contributed by atoms with Gasteiger partial charge in [-0.1, -0.05) is 25.9 Å². The Morgan fingerprint density at radius 1 is 1.37 bits per heavy atom. The maximum atomic E-state index is 12.3. The van der Waals surface area contributed by atoms with Gasteiger partial charge in [0.15, 0.2) is 0 Å². The summed E-state index contributed by atoms with van der Waals surface area (Å²) < 4.78 is 10.4. The molecule has 1 aliphatic heterocycles. The Morgan fingerprint density at radius 2 is 2.05 bits per heavy atom. The van der Waals surface area contributed by atoms with Crippen molar-refractivity contribution in [2.24, 2.45) is 16.0 Å². The lowest BCUT2D eigenvalue weighted by Gasteiger charge is -2.38. The van der Waals surface area contributed by atoms with Gasteiger partial charge in [0.1, 0.15) is 0 Å². The van der Waals surface area contributed by atoms with Crippen molar-refractivity contribution < 1.29 is 19.1 Å². The Morgan fingerprint density at radius 3 is 2.58 bits per heavy atom. The monoisotopic (exact) mass is 269 g/mol. The third-order valence-electron chi connectivity index (χ3n) is 4.27. The van der Waals surface area contributed by atoms with Gasteiger partial charge < -0.3 is 14.3 Å². The quantitative estimate of drug-likeness (QED) is 0.737. The van der Waals surface area contributed by atoms with Crippen LogP contribution in [0, 0.1) is 10.8 Å². The van der Waals surface area contributed by atoms with Crippen LogP contribution in [0.5, 0.6) is 0 Å². The second-order valence-electron chi connectivity index (χ2n) is 6.47. The molecule has 0 aromatic heterocycles. The van der Waals surface area contributed by atoms with E-state index in [-0.39, 0.29) is 11.4 Å². The standard InChI is InChI=1S/C14H23NO4/c1-12(2,3)10-13(9-17-4)7-6-8-14(13,19-15-10)11(16)18-5/h6-9H2,1-5H3. The summed E-state index contributed by atoms with van der Waals surface area (Å²) in [7, 11) is 3.04. The summed E-state index contributed by atoms with van der Waals surface area (Å²) in [5, 5.41) is 4.26. The summed E-state index contributed by atoms with van der Waals surface area (Å²) in [5.41, 5.74) is -0.753. The van der Waals surface area contributed by atoms with Crippen molar-refractivity contribution >= 4 is 11.7 Å². The zero-order chi connectivity index (χ0) is 14.3. The smallest absolute Gasteiger partial charge is 0.354 e. The Hall–Kier alpha value is -1.10. The van der Waals surface area contributed by atoms with Gasteiger partial charge in [0, 0.05) is 18.9 Å². The van der Waals surface area contributed by atoms with E-state index >= 15 is 0 Å². The number of oxime groups is 1. The molecule has 0 radical (unpaired) electrons. The summed E-state index contributed by atoms with van der Waals surface area (Å²) in [6.07, 6.45) is 2.38. The molecule has 2 atom stereocenters. The Kier molecular flexibility index (Phi) is 3.37. The SMILES string of the molecule is COCC12CCCC1(C(=O)OC)ON=C2C(C)(C)C. The number of rotatable bonds is 3. The first kappa shape index (κ1) is 14.3. The van der Waals surface area contributed by atoms with E-state index in [9.17, 15) is 4.79 Å². The van der Waals surface area contributed by atoms with Gasteiger partial charge in [0.25, 0.3) is 0 Å². The molecule has 0 spiro atoms. The molecule has 2 unspecified atom stereocenters. The van der Waals surface area contributed by atoms with E-state index in [0.29, 0.717) is 13.0 Å². The molecule has 1 fully saturated rings. The number of hydrogen-bond acceptors (Lipinski definition) is 5. The summed E-state index contributed by atoms with van der Waals surface area (Å²) in [4.78, 5) is 17.9. The molecule has 5 heteroatoms. The fraction of sp³-hybridized carbons (Fsp3) is 0.857. The number of ether oxygens (including phenoxy) is 2. The molecule has 1 aliphatic carbocycles. The fourth-order valence-corrected chi connectivity index (χ4v) is 3.59. The largest absolute Gasteiger partial charge is 0.466 e. The fourth-order valence-electron chi connectivity index (χ4n) is 3.59. The van der Waals surface area contributed by atoms with E-state index in [0.717, 1.165) is 18.6 Å². The molecular weight excluding hydrogens is 246 g/mol. The molecule has 2 aliphatic rings. The maximum absolute atomic E-state index is 12.3. The van der Waals surface area contributed by atoms with Crippen LogP contribution in [0.15, 0.2) is 5.16 Å². The number of carbonyl (C=O) groups excluding carboxylic acids is 1. The van der Waals surface area contributed by atoms with Gasteiger partial charge in [0.05, 0.1) is 24.8 Å². The average Bonchev–Trinajstić information content (AvgIpc) is 2.81. The highest BCUT2D eigenvalue weighted by atomic mass is 16.7. The van der Waals surface area contributed by atoms with Crippen LogP contribution >= 0.6 is 0 Å². The Labute approximate surface area is 114 Å². The van der Waals surface area contributed by atoms with Crippen LogP contribution in [0.4, 0.5) is 0 Å². The third-order valence-corrected chi connectivity index (χ3v) is 4.27. The minimum absolute atomic E-state index is 0.168. The van der Waals surface area contributed by atoms with Gasteiger partial charge in [-0.05, 0) is 12.8 Å². The molecule has 0 aromatic carbocycles. The molecular formula is C14H23NO4. The lowest BCUT2D eigenvalue weighted by atomic mass is 9.65. The molecule has 19 heavy (non-hydrogen) atoms. The molecule has 1 heterocycles. The van der Waals surface area contributed by atoms with Crippen molar-refractivity contribution in [3.63, 3.8) is 0 Å². The van der Waals surface area contributed by atoms with E-state index in [4.69, 9.17) is 14.3 Å². The van der Waals surface area contributed by atoms with Crippen molar-refractivity contribution in [1.29, 1.82) is 0 Å². The minimum Gasteiger partial charge on any atom is -0.466 e. The first-order valence-corrected chi connectivity index (χ1v) is 6.68. The number of esters is 1. The van der Waals surface area contributed by atoms with Crippen molar-refractivity contribution in [1.82, 2.24) is 0 Å². The molecule has 5 nitrogen and oxygen atoms in total. The number of carbonyl (C=O) groups is 1. The lowest BCUT2D eigenvalue weighted by Crippen LogP contribution is -2.56. The number of hydrogen-bond donors (Lipinski definition) is 0. The van der Waals surface area contributed by atoms with E-state index < -0.39 is 11.0 Å². The molecule has 0 saturated heterocycles. The minimum atomic E-state index is -1.000. The van der Waals surface area contributed by atoms with Crippen LogP contribution in [-0.4, -0.2) is 38.1 Å². The summed E-state index contributed by atoms with van der Waals surface area (Å²) in [6, 6.07) is 0. The second kappa shape index (κ2) is 4.47. The highest BCUT2D eigenvalue weighted by Gasteiger charge is 2.70. The van der Waals surface area contributed by atoms with Gasteiger partial charge >= 0.3 is 5.97 Å². The molecule has 2 rings (SSSR count). The molecule has 0 amide bonds. The van der Waals surface area contributed by atoms with Crippen LogP contribution < -0.4 is 0 Å². The average molecular weight is 269 g/mol. The van der Waals surface area contributed by atoms with Gasteiger partial charge in [-0.3, -0.25) is 0 Å². The lowest BCUT2D eigenvalue weighted by molar-refractivity contribution is -0.177. The van der Waals surface area contributed by atoms with E-state index in [1.54, 1.807) is 7.11 Å². The van der Waals surface area contributed by atoms with Gasteiger partial charge in [-0.25, -0.2) is 4.79 Å². The Balaban J connectivity index is 2.51. The summed E-state index contributed by atoms with van der Waals surface area (Å²) >= 11 is 0. The summed E-state index contributed by atoms with van der Waals surface area (Å²) in [5.74, 6) is -0.343. The van der Waals surface area contributed by atoms with Crippen molar-refractivity contribution in [2.45, 2.75) is 45.6 Å². The summed E-state index contributed by atoms with van der Waals surface area (Å²) in [6.45, 7) is 6.67. The molecule has 0 bridgehead atoms. The highest BCUT2D eigenvalue weighted by Crippen LogP contribution is 2.57. The van der Waals surface area contributed by atoms with E-state index in [2.05, 4.69) is 25.9 Å². The first-order valence-electron chi connectivity index (χ1n) is 6.68. The predicted octanol–water partition coefficient (Wildman–Crippen LogP) is 2.15. The Bertz CT molecular complexity index is 412. The van der Waals surface area contributed by atoms with Crippen LogP contribution in [0.2, 0.25) is 0 Å². The zero-order valence-electron chi connectivity index (χ0n) is 12.4. The van der Waals surface area contributed by atoms with Crippen molar-refractivity contribution in [3.05, 3.63) is 0 Å². The molecule has 0 aromatic rings. The van der Waals surface area contributed by atoms with Gasteiger partial charge in [-0.2, -0.15) is 0 Å². The first-order chi connectivity index (χ1) is 8.84. The molecule has 108 valence electrons. The number of methoxy groups -OCH3 is 2. The maximum Gasteiger partial charge on any atom is 0.354 e. The third kappa shape index (κ3) is 1.78.